The summed E-state index contributed by atoms with van der Waals surface area (Å²) >= 11 is 5.78. The molecule has 0 unspecified atom stereocenters. The predicted octanol–water partition coefficient (Wildman–Crippen LogP) is 3.56. The highest BCUT2D eigenvalue weighted by molar-refractivity contribution is 6.30. The first kappa shape index (κ1) is 21.4. The van der Waals surface area contributed by atoms with E-state index in [1.54, 1.807) is 43.5 Å². The molecule has 148 valence electrons. The Hall–Kier alpha value is -2.86. The van der Waals surface area contributed by atoms with Gasteiger partial charge in [-0.1, -0.05) is 23.7 Å². The minimum Gasteiger partial charge on any atom is -0.497 e. The quantitative estimate of drug-likeness (QED) is 0.511. The van der Waals surface area contributed by atoms with Crippen LogP contribution in [0.1, 0.15) is 35.7 Å². The zero-order valence-electron chi connectivity index (χ0n) is 15.7. The SMILES string of the molecule is COc1ccc(CNC(=O)[C@H](C)OC(=O)CCC(=O)c2ccc(Cl)cc2)cc1. The fourth-order valence-electron chi connectivity index (χ4n) is 2.38. The van der Waals surface area contributed by atoms with Crippen molar-refractivity contribution in [2.45, 2.75) is 32.4 Å². The molecule has 2 aromatic carbocycles. The fraction of sp³-hybridized carbons (Fsp3) is 0.286. The maximum Gasteiger partial charge on any atom is 0.307 e. The molecule has 7 heteroatoms. The number of rotatable bonds is 9. The first-order valence-electron chi connectivity index (χ1n) is 8.78. The van der Waals surface area contributed by atoms with Crippen molar-refractivity contribution in [2.24, 2.45) is 0 Å². The van der Waals surface area contributed by atoms with E-state index in [0.29, 0.717) is 17.1 Å². The molecule has 1 amide bonds. The normalized spacial score (nSPS) is 11.4. The Balaban J connectivity index is 1.73. The van der Waals surface area contributed by atoms with Crippen molar-refractivity contribution in [3.63, 3.8) is 0 Å². The Morgan fingerprint density at radius 3 is 2.25 bits per heavy atom. The van der Waals surface area contributed by atoms with Crippen molar-refractivity contribution in [1.82, 2.24) is 5.32 Å². The molecule has 0 aliphatic rings. The Kier molecular flexibility index (Phi) is 8.02. The molecule has 0 heterocycles. The van der Waals surface area contributed by atoms with Crippen molar-refractivity contribution in [1.29, 1.82) is 0 Å². The Labute approximate surface area is 168 Å². The molecule has 0 saturated heterocycles. The molecule has 0 spiro atoms. The topological polar surface area (TPSA) is 81.7 Å². The Morgan fingerprint density at radius 2 is 1.64 bits per heavy atom. The van der Waals surface area contributed by atoms with Crippen LogP contribution in [-0.2, 0) is 20.9 Å². The van der Waals surface area contributed by atoms with Crippen LogP contribution >= 0.6 is 11.6 Å². The van der Waals surface area contributed by atoms with Gasteiger partial charge in [0.1, 0.15) is 5.75 Å². The molecule has 2 aromatic rings. The number of nitrogens with one attached hydrogen (secondary N) is 1. The van der Waals surface area contributed by atoms with Crippen LogP contribution in [0.3, 0.4) is 0 Å². The van der Waals surface area contributed by atoms with Crippen molar-refractivity contribution in [3.8, 4) is 5.75 Å². The van der Waals surface area contributed by atoms with E-state index < -0.39 is 18.0 Å². The number of esters is 1. The Bertz CT molecular complexity index is 818. The van der Waals surface area contributed by atoms with Crippen LogP contribution in [0.5, 0.6) is 5.75 Å². The van der Waals surface area contributed by atoms with E-state index >= 15 is 0 Å². The maximum atomic E-state index is 12.1. The number of methoxy groups -OCH3 is 1. The first-order chi connectivity index (χ1) is 13.4. The van der Waals surface area contributed by atoms with Crippen molar-refractivity contribution in [2.75, 3.05) is 7.11 Å². The van der Waals surface area contributed by atoms with Gasteiger partial charge in [0.2, 0.25) is 0 Å². The number of benzene rings is 2. The van der Waals surface area contributed by atoms with E-state index in [9.17, 15) is 14.4 Å². The zero-order valence-corrected chi connectivity index (χ0v) is 16.5. The molecule has 2 rings (SSSR count). The summed E-state index contributed by atoms with van der Waals surface area (Å²) in [6, 6.07) is 13.7. The van der Waals surface area contributed by atoms with Gasteiger partial charge in [-0.25, -0.2) is 0 Å². The summed E-state index contributed by atoms with van der Waals surface area (Å²) in [6.07, 6.45) is -1.05. The van der Waals surface area contributed by atoms with Crippen LogP contribution in [0.4, 0.5) is 0 Å². The summed E-state index contributed by atoms with van der Waals surface area (Å²) in [5.41, 5.74) is 1.36. The molecule has 28 heavy (non-hydrogen) atoms. The lowest BCUT2D eigenvalue weighted by molar-refractivity contribution is -0.154. The number of halogens is 1. The molecular formula is C21H22ClNO5. The number of Topliss-reactive ketones (excluding diaryl/α,β-unsaturated/α-hetero) is 1. The summed E-state index contributed by atoms with van der Waals surface area (Å²) in [7, 11) is 1.58. The number of ether oxygens (including phenoxy) is 2. The summed E-state index contributed by atoms with van der Waals surface area (Å²) < 4.78 is 10.2. The molecule has 1 atom stereocenters. The molecule has 1 N–H and O–H groups in total. The van der Waals surface area contributed by atoms with Crippen molar-refractivity contribution >= 4 is 29.3 Å². The van der Waals surface area contributed by atoms with E-state index in [2.05, 4.69) is 5.32 Å². The van der Waals surface area contributed by atoms with Gasteiger partial charge in [-0.05, 0) is 48.9 Å². The number of hydrogen-bond donors (Lipinski definition) is 1. The van der Waals surface area contributed by atoms with Crippen molar-refractivity contribution < 1.29 is 23.9 Å². The molecule has 0 radical (unpaired) electrons. The predicted molar refractivity (Wildman–Crippen MR) is 105 cm³/mol. The van der Waals surface area contributed by atoms with E-state index in [1.807, 2.05) is 12.1 Å². The second-order valence-corrected chi connectivity index (χ2v) is 6.56. The second-order valence-electron chi connectivity index (χ2n) is 6.13. The number of ketones is 1. The lowest BCUT2D eigenvalue weighted by Crippen LogP contribution is -2.35. The third kappa shape index (κ3) is 6.70. The summed E-state index contributed by atoms with van der Waals surface area (Å²) in [4.78, 5) is 36.0. The highest BCUT2D eigenvalue weighted by Crippen LogP contribution is 2.13. The lowest BCUT2D eigenvalue weighted by Gasteiger charge is -2.13. The number of carbonyl (C=O) groups excluding carboxylic acids is 3. The van der Waals surface area contributed by atoms with Crippen LogP contribution in [0.25, 0.3) is 0 Å². The summed E-state index contributed by atoms with van der Waals surface area (Å²) in [5.74, 6) is -0.474. The lowest BCUT2D eigenvalue weighted by atomic mass is 10.1. The number of hydrogen-bond acceptors (Lipinski definition) is 5. The number of carbonyl (C=O) groups is 3. The highest BCUT2D eigenvalue weighted by atomic mass is 35.5. The Morgan fingerprint density at radius 1 is 1.00 bits per heavy atom. The third-order valence-electron chi connectivity index (χ3n) is 4.03. The minimum atomic E-state index is -0.948. The highest BCUT2D eigenvalue weighted by Gasteiger charge is 2.18. The summed E-state index contributed by atoms with van der Waals surface area (Å²) in [5, 5.41) is 3.23. The smallest absolute Gasteiger partial charge is 0.307 e. The van der Waals surface area contributed by atoms with E-state index in [0.717, 1.165) is 11.3 Å². The first-order valence-corrected chi connectivity index (χ1v) is 9.15. The van der Waals surface area contributed by atoms with Gasteiger partial charge in [-0.3, -0.25) is 14.4 Å². The van der Waals surface area contributed by atoms with Crippen molar-refractivity contribution in [3.05, 3.63) is 64.7 Å². The molecule has 0 aliphatic heterocycles. The van der Waals surface area contributed by atoms with Crippen LogP contribution in [0, 0.1) is 0 Å². The molecule has 0 aliphatic carbocycles. The van der Waals surface area contributed by atoms with E-state index in [4.69, 9.17) is 21.1 Å². The van der Waals surface area contributed by atoms with Gasteiger partial charge in [0.25, 0.3) is 5.91 Å². The largest absolute Gasteiger partial charge is 0.497 e. The number of amides is 1. The molecular weight excluding hydrogens is 382 g/mol. The van der Waals surface area contributed by atoms with Crippen LogP contribution in [-0.4, -0.2) is 30.9 Å². The summed E-state index contributed by atoms with van der Waals surface area (Å²) in [6.45, 7) is 1.79. The van der Waals surface area contributed by atoms with Crippen LogP contribution < -0.4 is 10.1 Å². The molecule has 0 fully saturated rings. The van der Waals surface area contributed by atoms with Gasteiger partial charge in [-0.2, -0.15) is 0 Å². The van der Waals surface area contributed by atoms with Gasteiger partial charge in [0, 0.05) is 23.6 Å². The monoisotopic (exact) mass is 403 g/mol. The average molecular weight is 404 g/mol. The average Bonchev–Trinajstić information content (AvgIpc) is 2.71. The van der Waals surface area contributed by atoms with Gasteiger partial charge >= 0.3 is 5.97 Å². The van der Waals surface area contributed by atoms with Gasteiger partial charge < -0.3 is 14.8 Å². The molecule has 0 aromatic heterocycles. The standard InChI is InChI=1S/C21H22ClNO5/c1-14(21(26)23-13-15-3-9-18(27-2)10-4-15)28-20(25)12-11-19(24)16-5-7-17(22)8-6-16/h3-10,14H,11-13H2,1-2H3,(H,23,26)/t14-/m0/s1. The van der Waals surface area contributed by atoms with Gasteiger partial charge in [0.15, 0.2) is 11.9 Å². The van der Waals surface area contributed by atoms with E-state index in [-0.39, 0.29) is 18.6 Å². The van der Waals surface area contributed by atoms with Gasteiger partial charge in [0.05, 0.1) is 13.5 Å². The fourth-order valence-corrected chi connectivity index (χ4v) is 2.51. The van der Waals surface area contributed by atoms with E-state index in [1.165, 1.54) is 6.92 Å². The van der Waals surface area contributed by atoms with Crippen LogP contribution in [0.2, 0.25) is 5.02 Å². The zero-order chi connectivity index (χ0) is 20.5. The maximum absolute atomic E-state index is 12.1. The molecule has 0 saturated carbocycles. The second kappa shape index (κ2) is 10.5. The molecule has 6 nitrogen and oxygen atoms in total. The minimum absolute atomic E-state index is 0.000648. The van der Waals surface area contributed by atoms with Crippen LogP contribution in [0.15, 0.2) is 48.5 Å². The molecule has 0 bridgehead atoms. The van der Waals surface area contributed by atoms with Gasteiger partial charge in [-0.15, -0.1) is 0 Å². The third-order valence-corrected chi connectivity index (χ3v) is 4.28.